The summed E-state index contributed by atoms with van der Waals surface area (Å²) in [5, 5.41) is 2.62. The number of esters is 1. The smallest absolute Gasteiger partial charge is 0.408 e. The molecule has 1 amide bonds. The highest BCUT2D eigenvalue weighted by Crippen LogP contribution is 2.26. The maximum absolute atomic E-state index is 13.0. The Balaban J connectivity index is 1.45. The lowest BCUT2D eigenvalue weighted by atomic mass is 10.0. The number of carbonyl (C=O) groups is 2. The summed E-state index contributed by atoms with van der Waals surface area (Å²) in [5.41, 5.74) is 3.53. The molecule has 0 bridgehead atoms. The quantitative estimate of drug-likeness (QED) is 0.265. The third-order valence-electron chi connectivity index (χ3n) is 5.65. The second kappa shape index (κ2) is 13.6. The van der Waals surface area contributed by atoms with E-state index in [9.17, 15) is 9.59 Å². The molecule has 1 N–H and O–H groups in total. The number of alkyl carbamates (subject to hydrolysis) is 1. The molecule has 6 nitrogen and oxygen atoms in total. The average molecular weight is 496 g/mol. The summed E-state index contributed by atoms with van der Waals surface area (Å²) in [6.45, 7) is 0.0518. The van der Waals surface area contributed by atoms with E-state index in [0.717, 1.165) is 22.3 Å². The molecule has 1 atom stereocenters. The van der Waals surface area contributed by atoms with Crippen LogP contribution >= 0.6 is 0 Å². The predicted molar refractivity (Wildman–Crippen MR) is 140 cm³/mol. The molecule has 188 valence electrons. The van der Waals surface area contributed by atoms with Gasteiger partial charge in [0.2, 0.25) is 0 Å². The van der Waals surface area contributed by atoms with Gasteiger partial charge < -0.3 is 19.5 Å². The molecule has 6 heteroatoms. The minimum atomic E-state index is -1.07. The zero-order valence-corrected chi connectivity index (χ0v) is 20.4. The molecule has 37 heavy (non-hydrogen) atoms. The first kappa shape index (κ1) is 25.7. The molecule has 0 heterocycles. The van der Waals surface area contributed by atoms with Crippen molar-refractivity contribution in [2.75, 3.05) is 6.61 Å². The Bertz CT molecular complexity index is 1190. The molecule has 4 aromatic carbocycles. The summed E-state index contributed by atoms with van der Waals surface area (Å²) in [6.07, 6.45) is -1.17. The number of amides is 1. The van der Waals surface area contributed by atoms with Crippen LogP contribution in [0, 0.1) is 0 Å². The van der Waals surface area contributed by atoms with Gasteiger partial charge in [-0.25, -0.2) is 9.59 Å². The molecule has 4 rings (SSSR count). The lowest BCUT2D eigenvalue weighted by molar-refractivity contribution is -0.149. The van der Waals surface area contributed by atoms with Crippen molar-refractivity contribution in [3.63, 3.8) is 0 Å². The van der Waals surface area contributed by atoms with Gasteiger partial charge in [0.1, 0.15) is 19.3 Å². The number of rotatable bonds is 11. The fourth-order valence-corrected chi connectivity index (χ4v) is 3.74. The molecular formula is C31H29NO5. The van der Waals surface area contributed by atoms with Crippen LogP contribution in [0.1, 0.15) is 28.4 Å². The lowest BCUT2D eigenvalue weighted by Crippen LogP contribution is -2.45. The van der Waals surface area contributed by atoms with Crippen LogP contribution in [0.25, 0.3) is 0 Å². The fraction of sp³-hybridized carbons (Fsp3) is 0.161. The number of nitrogens with one attached hydrogen (secondary N) is 1. The van der Waals surface area contributed by atoms with E-state index in [2.05, 4.69) is 5.32 Å². The van der Waals surface area contributed by atoms with Crippen LogP contribution in [0.15, 0.2) is 121 Å². The Labute approximate surface area is 216 Å². The number of ether oxygens (including phenoxy) is 3. The Morgan fingerprint density at radius 3 is 1.51 bits per heavy atom. The summed E-state index contributed by atoms with van der Waals surface area (Å²) in [7, 11) is 0. The number of benzene rings is 4. The van der Waals surface area contributed by atoms with E-state index in [1.165, 1.54) is 0 Å². The first-order chi connectivity index (χ1) is 18.2. The van der Waals surface area contributed by atoms with E-state index < -0.39 is 24.2 Å². The van der Waals surface area contributed by atoms with Crippen LogP contribution in [0.4, 0.5) is 4.79 Å². The minimum Gasteiger partial charge on any atom is -0.459 e. The van der Waals surface area contributed by atoms with Crippen LogP contribution < -0.4 is 5.32 Å². The molecular weight excluding hydrogens is 466 g/mol. The van der Waals surface area contributed by atoms with Crippen LogP contribution in [-0.4, -0.2) is 24.7 Å². The molecule has 0 saturated carbocycles. The van der Waals surface area contributed by atoms with Gasteiger partial charge in [-0.1, -0.05) is 121 Å². The largest absolute Gasteiger partial charge is 0.459 e. The zero-order chi connectivity index (χ0) is 25.7. The monoisotopic (exact) mass is 495 g/mol. The highest BCUT2D eigenvalue weighted by atomic mass is 16.6. The van der Waals surface area contributed by atoms with Crippen LogP contribution in [0.2, 0.25) is 0 Å². The first-order valence-electron chi connectivity index (χ1n) is 12.1. The highest BCUT2D eigenvalue weighted by molar-refractivity contribution is 5.81. The third kappa shape index (κ3) is 8.05. The maximum Gasteiger partial charge on any atom is 0.408 e. The van der Waals surface area contributed by atoms with Crippen LogP contribution in [0.5, 0.6) is 0 Å². The minimum absolute atomic E-state index is 0.0793. The third-order valence-corrected chi connectivity index (χ3v) is 5.65. The molecule has 0 aliphatic rings. The van der Waals surface area contributed by atoms with E-state index in [1.807, 2.05) is 121 Å². The topological polar surface area (TPSA) is 73.9 Å². The summed E-state index contributed by atoms with van der Waals surface area (Å²) < 4.78 is 17.1. The van der Waals surface area contributed by atoms with Crippen molar-refractivity contribution in [3.8, 4) is 0 Å². The van der Waals surface area contributed by atoms with Gasteiger partial charge in [0, 0.05) is 0 Å². The summed E-state index contributed by atoms with van der Waals surface area (Å²) in [6, 6.07) is 37.0. The van der Waals surface area contributed by atoms with Gasteiger partial charge >= 0.3 is 12.1 Å². The van der Waals surface area contributed by atoms with E-state index in [1.54, 1.807) is 0 Å². The molecule has 0 unspecified atom stereocenters. The van der Waals surface area contributed by atoms with Crippen LogP contribution in [0.3, 0.4) is 0 Å². The van der Waals surface area contributed by atoms with Crippen molar-refractivity contribution in [2.24, 2.45) is 0 Å². The molecule has 0 aliphatic heterocycles. The number of hydrogen-bond donors (Lipinski definition) is 1. The van der Waals surface area contributed by atoms with Gasteiger partial charge in [-0.2, -0.15) is 0 Å². The standard InChI is InChI=1S/C31H29NO5/c33-30(36-21-24-13-5-1-6-14-24)28(32-31(34)37-22-25-15-7-2-8-16-25)23-35-29(26-17-9-3-10-18-26)27-19-11-4-12-20-27/h1-20,28-29H,21-23H2,(H,32,34)/t28-/m0/s1. The lowest BCUT2D eigenvalue weighted by Gasteiger charge is -2.23. The van der Waals surface area contributed by atoms with Gasteiger partial charge in [-0.05, 0) is 22.3 Å². The second-order valence-electron chi connectivity index (χ2n) is 8.39. The summed E-state index contributed by atoms with van der Waals surface area (Å²) >= 11 is 0. The average Bonchev–Trinajstić information content (AvgIpc) is 2.96. The van der Waals surface area contributed by atoms with E-state index in [-0.39, 0.29) is 19.8 Å². The normalized spacial score (nSPS) is 11.5. The van der Waals surface area contributed by atoms with Crippen molar-refractivity contribution < 1.29 is 23.8 Å². The first-order valence-corrected chi connectivity index (χ1v) is 12.1. The fourth-order valence-electron chi connectivity index (χ4n) is 3.74. The van der Waals surface area contributed by atoms with Gasteiger partial charge in [-0.3, -0.25) is 0 Å². The molecule has 4 aromatic rings. The Kier molecular flexibility index (Phi) is 9.44. The van der Waals surface area contributed by atoms with Crippen molar-refractivity contribution in [3.05, 3.63) is 144 Å². The number of carbonyl (C=O) groups excluding carboxylic acids is 2. The zero-order valence-electron chi connectivity index (χ0n) is 20.4. The van der Waals surface area contributed by atoms with Gasteiger partial charge in [0.25, 0.3) is 0 Å². The molecule has 0 aliphatic carbocycles. The molecule has 0 spiro atoms. The van der Waals surface area contributed by atoms with Crippen molar-refractivity contribution in [1.82, 2.24) is 5.32 Å². The van der Waals surface area contributed by atoms with Gasteiger partial charge in [0.05, 0.1) is 6.61 Å². The Morgan fingerprint density at radius 1 is 0.595 bits per heavy atom. The highest BCUT2D eigenvalue weighted by Gasteiger charge is 2.26. The SMILES string of the molecule is O=C(N[C@@H](COC(c1ccccc1)c1ccccc1)C(=O)OCc1ccccc1)OCc1ccccc1. The second-order valence-corrected chi connectivity index (χ2v) is 8.39. The molecule has 0 fully saturated rings. The van der Waals surface area contributed by atoms with Gasteiger partial charge in [0.15, 0.2) is 6.04 Å². The summed E-state index contributed by atoms with van der Waals surface area (Å²) in [4.78, 5) is 25.6. The molecule has 0 aromatic heterocycles. The Hall–Kier alpha value is -4.42. The maximum atomic E-state index is 13.0. The van der Waals surface area contributed by atoms with Gasteiger partial charge in [-0.15, -0.1) is 0 Å². The Morgan fingerprint density at radius 2 is 1.03 bits per heavy atom. The van der Waals surface area contributed by atoms with E-state index >= 15 is 0 Å². The predicted octanol–water partition coefficient (Wildman–Crippen LogP) is 5.83. The number of hydrogen-bond acceptors (Lipinski definition) is 5. The van der Waals surface area contributed by atoms with E-state index in [0.29, 0.717) is 0 Å². The van der Waals surface area contributed by atoms with Crippen molar-refractivity contribution in [2.45, 2.75) is 25.4 Å². The van der Waals surface area contributed by atoms with Crippen molar-refractivity contribution in [1.29, 1.82) is 0 Å². The van der Waals surface area contributed by atoms with Crippen molar-refractivity contribution >= 4 is 12.1 Å². The molecule has 0 saturated heterocycles. The van der Waals surface area contributed by atoms with Crippen LogP contribution in [-0.2, 0) is 32.2 Å². The summed E-state index contributed by atoms with van der Waals surface area (Å²) in [5.74, 6) is -0.611. The molecule has 0 radical (unpaired) electrons. The van der Waals surface area contributed by atoms with E-state index in [4.69, 9.17) is 14.2 Å².